The van der Waals surface area contributed by atoms with Crippen molar-refractivity contribution in [2.45, 2.75) is 38.1 Å². The summed E-state index contributed by atoms with van der Waals surface area (Å²) in [5.41, 5.74) is 2.02. The van der Waals surface area contributed by atoms with E-state index in [1.807, 2.05) is 49.2 Å². The van der Waals surface area contributed by atoms with E-state index < -0.39 is 0 Å². The summed E-state index contributed by atoms with van der Waals surface area (Å²) < 4.78 is 1.89. The van der Waals surface area contributed by atoms with Gasteiger partial charge in [0, 0.05) is 25.9 Å². The van der Waals surface area contributed by atoms with Gasteiger partial charge in [0.2, 0.25) is 5.91 Å². The molecule has 1 fully saturated rings. The zero-order valence-electron chi connectivity index (χ0n) is 14.0. The lowest BCUT2D eigenvalue weighted by atomic mass is 9.83. The van der Waals surface area contributed by atoms with E-state index in [4.69, 9.17) is 5.10 Å². The topological polar surface area (TPSA) is 38.1 Å². The number of hydrogen-bond acceptors (Lipinski definition) is 2. The molecule has 1 aromatic carbocycles. The molecule has 0 radical (unpaired) electrons. The second kappa shape index (κ2) is 6.99. The number of hydrogen-bond donors (Lipinski definition) is 0. The van der Waals surface area contributed by atoms with Crippen LogP contribution in [-0.2, 0) is 4.79 Å². The van der Waals surface area contributed by atoms with Gasteiger partial charge in [-0.1, -0.05) is 49.6 Å². The molecule has 1 aromatic heterocycles. The van der Waals surface area contributed by atoms with Crippen molar-refractivity contribution in [1.82, 2.24) is 14.7 Å². The van der Waals surface area contributed by atoms with Gasteiger partial charge in [0.1, 0.15) is 6.04 Å². The molecule has 4 heteroatoms. The second-order valence-corrected chi connectivity index (χ2v) is 6.62. The van der Waals surface area contributed by atoms with Crippen molar-refractivity contribution in [3.05, 3.63) is 42.6 Å². The first-order valence-electron chi connectivity index (χ1n) is 8.48. The highest BCUT2D eigenvalue weighted by molar-refractivity contribution is 5.80. The van der Waals surface area contributed by atoms with E-state index in [-0.39, 0.29) is 11.9 Å². The average molecular weight is 311 g/mol. The molecular formula is C19H25N3O. The van der Waals surface area contributed by atoms with Gasteiger partial charge in [-0.05, 0) is 24.8 Å². The number of carbonyl (C=O) groups is 1. The molecule has 1 aliphatic carbocycles. The van der Waals surface area contributed by atoms with E-state index >= 15 is 0 Å². The summed E-state index contributed by atoms with van der Waals surface area (Å²) >= 11 is 0. The summed E-state index contributed by atoms with van der Waals surface area (Å²) in [4.78, 5) is 14.5. The molecule has 1 amide bonds. The highest BCUT2D eigenvalue weighted by Gasteiger charge is 2.32. The first kappa shape index (κ1) is 15.8. The number of carbonyl (C=O) groups excluding carboxylic acids is 1. The third-order valence-corrected chi connectivity index (χ3v) is 4.75. The predicted molar refractivity (Wildman–Crippen MR) is 92.0 cm³/mol. The third kappa shape index (κ3) is 3.46. The molecule has 1 atom stereocenters. The molecule has 3 rings (SSSR count). The van der Waals surface area contributed by atoms with E-state index in [1.165, 1.54) is 19.3 Å². The van der Waals surface area contributed by atoms with E-state index in [0.29, 0.717) is 5.92 Å². The highest BCUT2D eigenvalue weighted by Crippen LogP contribution is 2.34. The Morgan fingerprint density at radius 3 is 2.48 bits per heavy atom. The Balaban J connectivity index is 1.90. The van der Waals surface area contributed by atoms with Crippen LogP contribution < -0.4 is 0 Å². The Morgan fingerprint density at radius 2 is 1.83 bits per heavy atom. The van der Waals surface area contributed by atoms with E-state index in [0.717, 1.165) is 24.1 Å². The van der Waals surface area contributed by atoms with Gasteiger partial charge in [-0.25, -0.2) is 0 Å². The molecule has 1 saturated carbocycles. The summed E-state index contributed by atoms with van der Waals surface area (Å²) in [6, 6.07) is 12.0. The summed E-state index contributed by atoms with van der Waals surface area (Å²) in [6.45, 7) is 0. The Morgan fingerprint density at radius 1 is 1.13 bits per heavy atom. The Bertz CT molecular complexity index is 642. The molecule has 23 heavy (non-hydrogen) atoms. The molecule has 1 aliphatic rings. The standard InChI is InChI=1S/C19H25N3O/c1-21(2)19(23)18(16-11-7-4-8-12-16)22-14-13-17(20-22)15-9-5-3-6-10-15/h3,5-6,9-10,13-14,16,18H,4,7-8,11-12H2,1-2H3. The fourth-order valence-corrected chi connectivity index (χ4v) is 3.50. The van der Waals surface area contributed by atoms with Crippen LogP contribution in [0.1, 0.15) is 38.1 Å². The Hall–Kier alpha value is -2.10. The zero-order chi connectivity index (χ0) is 16.2. The lowest BCUT2D eigenvalue weighted by Gasteiger charge is -2.31. The summed E-state index contributed by atoms with van der Waals surface area (Å²) in [5.74, 6) is 0.543. The van der Waals surface area contributed by atoms with Crippen molar-refractivity contribution < 1.29 is 4.79 Å². The quantitative estimate of drug-likeness (QED) is 0.862. The van der Waals surface area contributed by atoms with Crippen molar-refractivity contribution in [1.29, 1.82) is 0 Å². The summed E-state index contributed by atoms with van der Waals surface area (Å²) in [6.07, 6.45) is 7.91. The van der Waals surface area contributed by atoms with Crippen LogP contribution in [0.25, 0.3) is 11.3 Å². The van der Waals surface area contributed by atoms with Gasteiger partial charge >= 0.3 is 0 Å². The number of benzene rings is 1. The summed E-state index contributed by atoms with van der Waals surface area (Å²) in [5, 5.41) is 4.73. The van der Waals surface area contributed by atoms with Crippen molar-refractivity contribution in [2.24, 2.45) is 5.92 Å². The van der Waals surface area contributed by atoms with Crippen LogP contribution in [0.2, 0.25) is 0 Å². The number of likely N-dealkylation sites (N-methyl/N-ethyl adjacent to an activating group) is 1. The molecule has 2 aromatic rings. The largest absolute Gasteiger partial charge is 0.347 e. The molecular weight excluding hydrogens is 286 g/mol. The molecule has 0 saturated heterocycles. The Kier molecular flexibility index (Phi) is 4.79. The fraction of sp³-hybridized carbons (Fsp3) is 0.474. The van der Waals surface area contributed by atoms with E-state index in [1.54, 1.807) is 4.90 Å². The van der Waals surface area contributed by atoms with Gasteiger partial charge in [0.15, 0.2) is 0 Å². The van der Waals surface area contributed by atoms with Gasteiger partial charge in [-0.2, -0.15) is 5.10 Å². The minimum atomic E-state index is -0.178. The minimum absolute atomic E-state index is 0.152. The van der Waals surface area contributed by atoms with E-state index in [9.17, 15) is 4.79 Å². The number of amides is 1. The highest BCUT2D eigenvalue weighted by atomic mass is 16.2. The molecule has 0 spiro atoms. The lowest BCUT2D eigenvalue weighted by Crippen LogP contribution is -2.37. The van der Waals surface area contributed by atoms with Crippen LogP contribution in [0.5, 0.6) is 0 Å². The normalized spacial score (nSPS) is 17.0. The fourth-order valence-electron chi connectivity index (χ4n) is 3.50. The van der Waals surface area contributed by atoms with Gasteiger partial charge in [0.05, 0.1) is 5.69 Å². The molecule has 0 bridgehead atoms. The third-order valence-electron chi connectivity index (χ3n) is 4.75. The molecule has 4 nitrogen and oxygen atoms in total. The number of rotatable bonds is 4. The zero-order valence-corrected chi connectivity index (χ0v) is 14.0. The number of nitrogens with zero attached hydrogens (tertiary/aromatic N) is 3. The van der Waals surface area contributed by atoms with Crippen molar-refractivity contribution in [3.8, 4) is 11.3 Å². The van der Waals surface area contributed by atoms with E-state index in [2.05, 4.69) is 12.1 Å². The number of aromatic nitrogens is 2. The second-order valence-electron chi connectivity index (χ2n) is 6.62. The average Bonchev–Trinajstić information content (AvgIpc) is 3.06. The van der Waals surface area contributed by atoms with Crippen LogP contribution in [-0.4, -0.2) is 34.7 Å². The summed E-state index contributed by atoms with van der Waals surface area (Å²) in [7, 11) is 3.67. The van der Waals surface area contributed by atoms with Crippen molar-refractivity contribution in [3.63, 3.8) is 0 Å². The van der Waals surface area contributed by atoms with Gasteiger partial charge in [-0.3, -0.25) is 9.48 Å². The van der Waals surface area contributed by atoms with Crippen LogP contribution in [0.15, 0.2) is 42.6 Å². The molecule has 0 aliphatic heterocycles. The minimum Gasteiger partial charge on any atom is -0.347 e. The van der Waals surface area contributed by atoms with Gasteiger partial charge < -0.3 is 4.90 Å². The van der Waals surface area contributed by atoms with Crippen molar-refractivity contribution >= 4 is 5.91 Å². The first-order chi connectivity index (χ1) is 11.2. The van der Waals surface area contributed by atoms with Gasteiger partial charge in [-0.15, -0.1) is 0 Å². The maximum Gasteiger partial charge on any atom is 0.247 e. The molecule has 1 unspecified atom stereocenters. The maximum atomic E-state index is 12.8. The van der Waals surface area contributed by atoms with Crippen LogP contribution in [0, 0.1) is 5.92 Å². The van der Waals surface area contributed by atoms with Crippen LogP contribution in [0.3, 0.4) is 0 Å². The monoisotopic (exact) mass is 311 g/mol. The first-order valence-corrected chi connectivity index (χ1v) is 8.48. The van der Waals surface area contributed by atoms with Crippen LogP contribution in [0.4, 0.5) is 0 Å². The molecule has 0 N–H and O–H groups in total. The maximum absolute atomic E-state index is 12.8. The van der Waals surface area contributed by atoms with Crippen LogP contribution >= 0.6 is 0 Å². The van der Waals surface area contributed by atoms with Crippen molar-refractivity contribution in [2.75, 3.05) is 14.1 Å². The predicted octanol–water partition coefficient (Wildman–Crippen LogP) is 3.76. The molecule has 1 heterocycles. The Labute approximate surface area is 138 Å². The van der Waals surface area contributed by atoms with Gasteiger partial charge in [0.25, 0.3) is 0 Å². The lowest BCUT2D eigenvalue weighted by molar-refractivity contribution is -0.134. The smallest absolute Gasteiger partial charge is 0.247 e. The molecule has 122 valence electrons. The SMILES string of the molecule is CN(C)C(=O)C(C1CCCCC1)n1ccc(-c2ccccc2)n1.